The van der Waals surface area contributed by atoms with E-state index in [1.807, 2.05) is 6.07 Å². The van der Waals surface area contributed by atoms with Crippen LogP contribution in [0, 0.1) is 33.4 Å². The SMILES string of the molecule is CC1=C(C(=O)Nc2ccc3[nH]ncc3c2)C(c2ccc(F)c(C(=O)NC3CC4CC5(C)C6(C)C3(C)C456)c2)NC(=O)N1. The highest BCUT2D eigenvalue weighted by Crippen LogP contribution is 3.17. The van der Waals surface area contributed by atoms with Crippen molar-refractivity contribution in [1.82, 2.24) is 26.1 Å². The summed E-state index contributed by atoms with van der Waals surface area (Å²) in [6, 6.07) is 8.14. The fraction of sp³-hybridized carbons (Fsp3) is 0.419. The predicted octanol–water partition coefficient (Wildman–Crippen LogP) is 4.52. The van der Waals surface area contributed by atoms with Gasteiger partial charge in [-0.2, -0.15) is 5.10 Å². The zero-order valence-electron chi connectivity index (χ0n) is 23.2. The van der Waals surface area contributed by atoms with Crippen molar-refractivity contribution in [1.29, 1.82) is 0 Å². The Morgan fingerprint density at radius 2 is 1.90 bits per heavy atom. The normalized spacial score (nSPS) is 37.4. The van der Waals surface area contributed by atoms with Crippen LogP contribution in [0.5, 0.6) is 0 Å². The second kappa shape index (κ2) is 7.35. The maximum atomic E-state index is 15.1. The van der Waals surface area contributed by atoms with E-state index < -0.39 is 29.7 Å². The van der Waals surface area contributed by atoms with Crippen molar-refractivity contribution in [3.05, 3.63) is 70.8 Å². The topological polar surface area (TPSA) is 128 Å². The van der Waals surface area contributed by atoms with Crippen LogP contribution in [0.25, 0.3) is 10.9 Å². The number of nitrogens with one attached hydrogen (secondary N) is 5. The number of hydrogen-bond donors (Lipinski definition) is 5. The van der Waals surface area contributed by atoms with Gasteiger partial charge >= 0.3 is 6.03 Å². The molecule has 3 aromatic rings. The van der Waals surface area contributed by atoms with Gasteiger partial charge in [0.2, 0.25) is 0 Å². The number of nitrogens with zero attached hydrogens (tertiary/aromatic N) is 1. The first-order valence-electron chi connectivity index (χ1n) is 14.1. The second-order valence-electron chi connectivity index (χ2n) is 13.1. The summed E-state index contributed by atoms with van der Waals surface area (Å²) in [7, 11) is 0. The maximum Gasteiger partial charge on any atom is 0.319 e. The smallest absolute Gasteiger partial charge is 0.319 e. The van der Waals surface area contributed by atoms with Crippen LogP contribution in [-0.4, -0.2) is 34.1 Å². The third-order valence-corrected chi connectivity index (χ3v) is 12.1. The molecule has 4 aliphatic carbocycles. The summed E-state index contributed by atoms with van der Waals surface area (Å²) in [5, 5.41) is 19.2. The van der Waals surface area contributed by atoms with Crippen LogP contribution >= 0.6 is 0 Å². The monoisotopic (exact) mass is 554 g/mol. The molecular weight excluding hydrogens is 523 g/mol. The van der Waals surface area contributed by atoms with E-state index in [-0.39, 0.29) is 28.0 Å². The Hall–Kier alpha value is -4.21. The van der Waals surface area contributed by atoms with Crippen molar-refractivity contribution in [2.75, 3.05) is 5.32 Å². The summed E-state index contributed by atoms with van der Waals surface area (Å²) in [4.78, 5) is 39.5. The molecule has 4 fully saturated rings. The van der Waals surface area contributed by atoms with Crippen LogP contribution in [0.1, 0.15) is 62.5 Å². The zero-order chi connectivity index (χ0) is 28.7. The molecule has 1 aromatic heterocycles. The number of anilines is 1. The van der Waals surface area contributed by atoms with Gasteiger partial charge in [-0.25, -0.2) is 9.18 Å². The molecule has 5 N–H and O–H groups in total. The van der Waals surface area contributed by atoms with Crippen LogP contribution in [0.3, 0.4) is 0 Å². The van der Waals surface area contributed by atoms with E-state index >= 15 is 4.39 Å². The van der Waals surface area contributed by atoms with Crippen molar-refractivity contribution in [2.24, 2.45) is 27.6 Å². The Morgan fingerprint density at radius 1 is 1.10 bits per heavy atom. The number of fused-ring (bicyclic) bond motifs is 3. The molecule has 0 radical (unpaired) electrons. The molecule has 5 aliphatic rings. The van der Waals surface area contributed by atoms with Crippen molar-refractivity contribution in [3.63, 3.8) is 0 Å². The number of aromatic amines is 1. The van der Waals surface area contributed by atoms with Crippen LogP contribution in [0.4, 0.5) is 14.9 Å². The second-order valence-corrected chi connectivity index (χ2v) is 13.1. The number of halogens is 1. The largest absolute Gasteiger partial charge is 0.349 e. The number of amides is 4. The Labute approximate surface area is 235 Å². The number of carbonyl (C=O) groups is 3. The van der Waals surface area contributed by atoms with Crippen molar-refractivity contribution in [2.45, 2.75) is 52.6 Å². The van der Waals surface area contributed by atoms with E-state index in [0.717, 1.165) is 17.3 Å². The van der Waals surface area contributed by atoms with E-state index in [2.05, 4.69) is 52.2 Å². The van der Waals surface area contributed by atoms with Crippen LogP contribution < -0.4 is 21.3 Å². The van der Waals surface area contributed by atoms with E-state index in [1.165, 1.54) is 24.6 Å². The zero-order valence-corrected chi connectivity index (χ0v) is 23.2. The predicted molar refractivity (Wildman–Crippen MR) is 149 cm³/mol. The molecule has 7 atom stereocenters. The molecule has 210 valence electrons. The number of aromatic nitrogens is 2. The van der Waals surface area contributed by atoms with Gasteiger partial charge in [0.25, 0.3) is 11.8 Å². The number of H-pyrrole nitrogens is 1. The van der Waals surface area contributed by atoms with E-state index in [1.54, 1.807) is 25.3 Å². The van der Waals surface area contributed by atoms with Crippen molar-refractivity contribution in [3.8, 4) is 0 Å². The average molecular weight is 555 g/mol. The lowest BCUT2D eigenvalue weighted by molar-refractivity contribution is -0.113. The lowest BCUT2D eigenvalue weighted by atomic mass is 9.59. The first kappa shape index (κ1) is 24.6. The molecule has 2 aromatic carbocycles. The van der Waals surface area contributed by atoms with Gasteiger partial charge in [0.05, 0.1) is 28.9 Å². The highest BCUT2D eigenvalue weighted by Gasteiger charge is 3.15. The molecule has 2 heterocycles. The summed E-state index contributed by atoms with van der Waals surface area (Å²) in [6.07, 6.45) is 3.79. The first-order chi connectivity index (χ1) is 19.5. The summed E-state index contributed by atoms with van der Waals surface area (Å²) in [6.45, 7) is 8.63. The Bertz CT molecular complexity index is 1780. The minimum atomic E-state index is -0.886. The van der Waals surface area contributed by atoms with Crippen molar-refractivity contribution >= 4 is 34.4 Å². The molecule has 41 heavy (non-hydrogen) atoms. The van der Waals surface area contributed by atoms with E-state index in [0.29, 0.717) is 33.7 Å². The molecule has 4 amide bonds. The number of hydrogen-bond acceptors (Lipinski definition) is 4. The summed E-state index contributed by atoms with van der Waals surface area (Å²) in [5.74, 6) is -0.924. The third-order valence-electron chi connectivity index (χ3n) is 12.1. The third kappa shape index (κ3) is 2.58. The molecule has 7 unspecified atom stereocenters. The molecule has 4 saturated carbocycles. The molecule has 10 heteroatoms. The Kier molecular flexibility index (Phi) is 4.40. The first-order valence-corrected chi connectivity index (χ1v) is 14.1. The highest BCUT2D eigenvalue weighted by molar-refractivity contribution is 6.07. The molecule has 8 rings (SSSR count). The van der Waals surface area contributed by atoms with Gasteiger partial charge in [-0.1, -0.05) is 26.8 Å². The minimum Gasteiger partial charge on any atom is -0.349 e. The minimum absolute atomic E-state index is 0.00161. The van der Waals surface area contributed by atoms with Crippen LogP contribution in [0.15, 0.2) is 53.9 Å². The molecule has 0 saturated heterocycles. The summed E-state index contributed by atoms with van der Waals surface area (Å²) >= 11 is 0. The molecular formula is C31H31FN6O3. The van der Waals surface area contributed by atoms with Gasteiger partial charge in [0.15, 0.2) is 0 Å². The lowest BCUT2D eigenvalue weighted by Crippen LogP contribution is -2.47. The lowest BCUT2D eigenvalue weighted by Gasteiger charge is -2.45. The molecule has 9 nitrogen and oxygen atoms in total. The van der Waals surface area contributed by atoms with Crippen LogP contribution in [-0.2, 0) is 4.79 Å². The highest BCUT2D eigenvalue weighted by atomic mass is 19.1. The maximum absolute atomic E-state index is 15.1. The molecule has 1 spiro atoms. The fourth-order valence-electron chi connectivity index (χ4n) is 10.4. The Balaban J connectivity index is 1.07. The number of benzene rings is 2. The number of urea groups is 1. The quantitative estimate of drug-likeness (QED) is 0.318. The number of carbonyl (C=O) groups excluding carboxylic acids is 3. The van der Waals surface area contributed by atoms with Gasteiger partial charge in [-0.3, -0.25) is 14.7 Å². The van der Waals surface area contributed by atoms with Gasteiger partial charge < -0.3 is 21.3 Å². The average Bonchev–Trinajstić information content (AvgIpc) is 3.31. The van der Waals surface area contributed by atoms with Crippen LogP contribution in [0.2, 0.25) is 0 Å². The van der Waals surface area contributed by atoms with Gasteiger partial charge in [-0.15, -0.1) is 0 Å². The number of allylic oxidation sites excluding steroid dienone is 1. The van der Waals surface area contributed by atoms with Gasteiger partial charge in [0.1, 0.15) is 5.82 Å². The van der Waals surface area contributed by atoms with E-state index in [9.17, 15) is 14.4 Å². The van der Waals surface area contributed by atoms with Gasteiger partial charge in [0, 0.05) is 28.2 Å². The molecule has 0 bridgehead atoms. The van der Waals surface area contributed by atoms with Crippen molar-refractivity contribution < 1.29 is 18.8 Å². The summed E-state index contributed by atoms with van der Waals surface area (Å²) in [5.41, 5.74) is 3.39. The van der Waals surface area contributed by atoms with Gasteiger partial charge in [-0.05, 0) is 77.8 Å². The Morgan fingerprint density at radius 3 is 2.63 bits per heavy atom. The summed E-state index contributed by atoms with van der Waals surface area (Å²) < 4.78 is 15.1. The fourth-order valence-corrected chi connectivity index (χ4v) is 10.4. The standard InChI is InChI=1S/C31H31FN6O3/c1-14-23(26(40)35-18-6-8-21-16(9-18)13-33-38-21)24(37-27(41)34-14)15-5-7-20(32)19(10-15)25(39)36-22-11-17-12-28(2)30(4)29(22,3)31(17,28)30/h5-10,13,17,22,24H,11-12H2,1-4H3,(H,33,38)(H,35,40)(H,36,39)(H2,34,37,41). The molecule has 1 aliphatic heterocycles. The van der Waals surface area contributed by atoms with E-state index in [4.69, 9.17) is 0 Å². The number of rotatable bonds is 5.